The highest BCUT2D eigenvalue weighted by Gasteiger charge is 2.59. The lowest BCUT2D eigenvalue weighted by atomic mass is 9.47. The molecule has 0 aromatic carbocycles. The minimum Gasteiger partial charge on any atom is -0.468 e. The second-order valence-corrected chi connectivity index (χ2v) is 15.1. The minimum absolute atomic E-state index is 0.132. The van der Waals surface area contributed by atoms with Crippen LogP contribution in [0.25, 0.3) is 0 Å². The van der Waals surface area contributed by atoms with Crippen LogP contribution in [0.3, 0.4) is 0 Å². The Morgan fingerprint density at radius 2 is 1.86 bits per heavy atom. The molecule has 0 bridgehead atoms. The van der Waals surface area contributed by atoms with Crippen molar-refractivity contribution in [3.05, 3.63) is 11.6 Å². The fraction of sp³-hybridized carbons (Fsp3) is 0.909. The summed E-state index contributed by atoms with van der Waals surface area (Å²) in [7, 11) is 1.46. The SMILES string of the molecule is COC(=O)CSCCCO[C@H]1CC[C@@]2(C)C(=CCC3C4CCC([C@H](C)CCCC(C)C)[C@@]4(C)CCC32)C1. The average molecular weight is 533 g/mol. The zero-order valence-corrected chi connectivity index (χ0v) is 25.7. The lowest BCUT2D eigenvalue weighted by molar-refractivity contribution is -0.137. The predicted molar refractivity (Wildman–Crippen MR) is 157 cm³/mol. The molecule has 4 aliphatic rings. The van der Waals surface area contributed by atoms with Crippen LogP contribution in [0.1, 0.15) is 112 Å². The normalized spacial score (nSPS) is 37.9. The number of carbonyl (C=O) groups excluding carboxylic acids is 1. The van der Waals surface area contributed by atoms with Gasteiger partial charge < -0.3 is 9.47 Å². The molecule has 0 aliphatic heterocycles. The Hall–Kier alpha value is -0.480. The van der Waals surface area contributed by atoms with Crippen molar-refractivity contribution in [1.29, 1.82) is 0 Å². The zero-order valence-electron chi connectivity index (χ0n) is 24.9. The van der Waals surface area contributed by atoms with Crippen LogP contribution in [0, 0.1) is 46.3 Å². The van der Waals surface area contributed by atoms with Crippen molar-refractivity contribution in [1.82, 2.24) is 0 Å². The molecule has 4 unspecified atom stereocenters. The van der Waals surface area contributed by atoms with Crippen LogP contribution < -0.4 is 0 Å². The number of fused-ring (bicyclic) bond motifs is 5. The van der Waals surface area contributed by atoms with Gasteiger partial charge in [-0.15, -0.1) is 0 Å². The molecule has 0 aromatic rings. The van der Waals surface area contributed by atoms with Gasteiger partial charge in [-0.05, 0) is 110 Å². The minimum atomic E-state index is -0.132. The van der Waals surface area contributed by atoms with E-state index in [-0.39, 0.29) is 5.97 Å². The van der Waals surface area contributed by atoms with Gasteiger partial charge in [-0.25, -0.2) is 0 Å². The van der Waals surface area contributed by atoms with Gasteiger partial charge in [-0.3, -0.25) is 4.79 Å². The van der Waals surface area contributed by atoms with Crippen LogP contribution in [-0.2, 0) is 14.3 Å². The molecule has 3 saturated carbocycles. The smallest absolute Gasteiger partial charge is 0.315 e. The highest BCUT2D eigenvalue weighted by molar-refractivity contribution is 7.99. The number of hydrogen-bond acceptors (Lipinski definition) is 4. The number of rotatable bonds is 12. The first-order valence-corrected chi connectivity index (χ1v) is 16.8. The molecule has 0 amide bonds. The third-order valence-corrected chi connectivity index (χ3v) is 12.5. The van der Waals surface area contributed by atoms with Gasteiger partial charge in [0.2, 0.25) is 0 Å². The topological polar surface area (TPSA) is 35.5 Å². The summed E-state index contributed by atoms with van der Waals surface area (Å²) in [5, 5.41) is 0. The Morgan fingerprint density at radius 3 is 2.62 bits per heavy atom. The van der Waals surface area contributed by atoms with Gasteiger partial charge >= 0.3 is 5.97 Å². The molecule has 0 spiro atoms. The number of esters is 1. The second-order valence-electron chi connectivity index (χ2n) is 14.0. The van der Waals surface area contributed by atoms with E-state index in [2.05, 4.69) is 40.7 Å². The fourth-order valence-electron chi connectivity index (χ4n) is 9.42. The first kappa shape index (κ1) is 29.5. The number of allylic oxidation sites excluding steroid dienone is 1. The van der Waals surface area contributed by atoms with Crippen molar-refractivity contribution < 1.29 is 14.3 Å². The molecule has 3 nitrogen and oxygen atoms in total. The van der Waals surface area contributed by atoms with Crippen molar-refractivity contribution in [2.24, 2.45) is 46.3 Å². The Balaban J connectivity index is 1.30. The van der Waals surface area contributed by atoms with Crippen LogP contribution >= 0.6 is 11.8 Å². The van der Waals surface area contributed by atoms with Gasteiger partial charge in [0.25, 0.3) is 0 Å². The molecule has 0 aromatic heterocycles. The Morgan fingerprint density at radius 1 is 1.05 bits per heavy atom. The lowest BCUT2D eigenvalue weighted by Crippen LogP contribution is -2.51. The van der Waals surface area contributed by atoms with Gasteiger partial charge in [-0.1, -0.05) is 65.5 Å². The average Bonchev–Trinajstić information content (AvgIpc) is 3.23. The molecule has 0 heterocycles. The van der Waals surface area contributed by atoms with Crippen LogP contribution in [0.4, 0.5) is 0 Å². The Labute approximate surface area is 232 Å². The Bertz CT molecular complexity index is 792. The molecule has 0 N–H and O–H groups in total. The summed E-state index contributed by atoms with van der Waals surface area (Å²) in [6.45, 7) is 13.5. The number of hydrogen-bond donors (Lipinski definition) is 0. The third kappa shape index (κ3) is 6.47. The number of carbonyl (C=O) groups is 1. The standard InChI is InChI=1S/C33H56O3S/c1-23(2)9-7-10-24(3)28-13-14-29-27-12-11-25-21-26(36-19-8-20-37-22-31(34)35-6)15-17-32(25,4)30(27)16-18-33(28,29)5/h11,23-24,26-30H,7-10,12-22H2,1-6H3/t24-,26+,27?,28?,29?,30?,32+,33-/m1/s1. The number of methoxy groups -OCH3 is 1. The van der Waals surface area contributed by atoms with Crippen molar-refractivity contribution in [2.75, 3.05) is 25.2 Å². The van der Waals surface area contributed by atoms with E-state index in [0.717, 1.165) is 60.7 Å². The third-order valence-electron chi connectivity index (χ3n) is 11.5. The summed E-state index contributed by atoms with van der Waals surface area (Å²) < 4.78 is 11.1. The quantitative estimate of drug-likeness (QED) is 0.143. The fourth-order valence-corrected chi connectivity index (χ4v) is 10.2. The zero-order chi connectivity index (χ0) is 26.6. The van der Waals surface area contributed by atoms with Crippen molar-refractivity contribution >= 4 is 17.7 Å². The molecule has 37 heavy (non-hydrogen) atoms. The van der Waals surface area contributed by atoms with E-state index in [1.54, 1.807) is 17.3 Å². The summed E-state index contributed by atoms with van der Waals surface area (Å²) in [6.07, 6.45) is 19.2. The molecular weight excluding hydrogens is 476 g/mol. The largest absolute Gasteiger partial charge is 0.468 e. The van der Waals surface area contributed by atoms with Crippen LogP contribution in [0.2, 0.25) is 0 Å². The van der Waals surface area contributed by atoms with E-state index >= 15 is 0 Å². The summed E-state index contributed by atoms with van der Waals surface area (Å²) in [6, 6.07) is 0. The maximum Gasteiger partial charge on any atom is 0.315 e. The molecule has 0 radical (unpaired) electrons. The van der Waals surface area contributed by atoms with Crippen molar-refractivity contribution in [2.45, 2.75) is 118 Å². The maximum absolute atomic E-state index is 11.3. The molecule has 8 atom stereocenters. The van der Waals surface area contributed by atoms with Crippen molar-refractivity contribution in [3.63, 3.8) is 0 Å². The first-order chi connectivity index (χ1) is 17.7. The van der Waals surface area contributed by atoms with Gasteiger partial charge in [-0.2, -0.15) is 11.8 Å². The van der Waals surface area contributed by atoms with Gasteiger partial charge in [0.15, 0.2) is 0 Å². The van der Waals surface area contributed by atoms with E-state index in [1.807, 2.05) is 0 Å². The van der Waals surface area contributed by atoms with E-state index < -0.39 is 0 Å². The van der Waals surface area contributed by atoms with E-state index in [9.17, 15) is 4.79 Å². The van der Waals surface area contributed by atoms with E-state index in [0.29, 0.717) is 22.7 Å². The molecule has 4 rings (SSSR count). The first-order valence-electron chi connectivity index (χ1n) is 15.6. The van der Waals surface area contributed by atoms with Gasteiger partial charge in [0.1, 0.15) is 0 Å². The number of ether oxygens (including phenoxy) is 2. The van der Waals surface area contributed by atoms with Gasteiger partial charge in [0, 0.05) is 6.61 Å². The van der Waals surface area contributed by atoms with Gasteiger partial charge in [0.05, 0.1) is 19.0 Å². The van der Waals surface area contributed by atoms with E-state index in [4.69, 9.17) is 9.47 Å². The van der Waals surface area contributed by atoms with Crippen LogP contribution in [-0.4, -0.2) is 37.3 Å². The van der Waals surface area contributed by atoms with E-state index in [1.165, 1.54) is 71.3 Å². The molecule has 3 fully saturated rings. The summed E-state index contributed by atoms with van der Waals surface area (Å²) in [5.74, 6) is 6.69. The molecule has 4 heteroatoms. The number of thioether (sulfide) groups is 1. The molecule has 212 valence electrons. The summed E-state index contributed by atoms with van der Waals surface area (Å²) >= 11 is 1.65. The second kappa shape index (κ2) is 12.8. The van der Waals surface area contributed by atoms with Crippen LogP contribution in [0.5, 0.6) is 0 Å². The highest BCUT2D eigenvalue weighted by atomic mass is 32.2. The molecular formula is C33H56O3S. The molecule has 4 aliphatic carbocycles. The lowest BCUT2D eigenvalue weighted by Gasteiger charge is -2.58. The van der Waals surface area contributed by atoms with Crippen LogP contribution in [0.15, 0.2) is 11.6 Å². The predicted octanol–water partition coefficient (Wildman–Crippen LogP) is 8.71. The van der Waals surface area contributed by atoms with Crippen molar-refractivity contribution in [3.8, 4) is 0 Å². The molecule has 0 saturated heterocycles. The Kier molecular flexibility index (Phi) is 10.2. The summed E-state index contributed by atoms with van der Waals surface area (Å²) in [4.78, 5) is 11.3. The monoisotopic (exact) mass is 532 g/mol. The maximum atomic E-state index is 11.3. The highest BCUT2D eigenvalue weighted by Crippen LogP contribution is 2.67. The summed E-state index contributed by atoms with van der Waals surface area (Å²) in [5.41, 5.74) is 2.71.